The third-order valence-corrected chi connectivity index (χ3v) is 3.73. The Balaban J connectivity index is 1.95. The summed E-state index contributed by atoms with van der Waals surface area (Å²) >= 11 is 0. The minimum atomic E-state index is -0.668. The average Bonchev–Trinajstić information content (AvgIpc) is 2.99. The molecule has 1 N–H and O–H groups in total. The second-order valence-electron chi connectivity index (χ2n) is 4.87. The fraction of sp³-hybridized carbons (Fsp3) is 0.200. The third kappa shape index (κ3) is 1.44. The maximum absolute atomic E-state index is 12.6. The zero-order valence-corrected chi connectivity index (χ0v) is 10.6. The number of nitrogens with one attached hydrogen (secondary N) is 1. The second kappa shape index (κ2) is 4.13. The molecule has 2 aromatic carbocycles. The highest BCUT2D eigenvalue weighted by Gasteiger charge is 2.39. The van der Waals surface area contributed by atoms with Gasteiger partial charge in [0.2, 0.25) is 0 Å². The minimum absolute atomic E-state index is 0.307. The smallest absolute Gasteiger partial charge is 0.264 e. The average molecular weight is 268 g/mol. The van der Waals surface area contributed by atoms with E-state index in [0.717, 1.165) is 10.8 Å². The van der Waals surface area contributed by atoms with Gasteiger partial charge in [-0.05, 0) is 17.5 Å². The van der Waals surface area contributed by atoms with Crippen LogP contribution in [0.1, 0.15) is 20.7 Å². The lowest BCUT2D eigenvalue weighted by atomic mass is 9.94. The van der Waals surface area contributed by atoms with Gasteiger partial charge in [-0.3, -0.25) is 14.9 Å². The van der Waals surface area contributed by atoms with Crippen molar-refractivity contribution in [3.8, 4) is 0 Å². The molecule has 2 heterocycles. The molecule has 0 spiro atoms. The normalized spacial score (nSPS) is 21.8. The molecular weight excluding hydrogens is 256 g/mol. The predicted octanol–water partition coefficient (Wildman–Crippen LogP) is 1.34. The summed E-state index contributed by atoms with van der Waals surface area (Å²) in [7, 11) is 0. The number of ether oxygens (including phenoxy) is 1. The number of rotatable bonds is 1. The van der Waals surface area contributed by atoms with E-state index in [0.29, 0.717) is 24.3 Å². The number of nitrogens with zero attached hydrogens (tertiary/aromatic N) is 1. The van der Waals surface area contributed by atoms with Gasteiger partial charge in [-0.2, -0.15) is 0 Å². The number of amides is 2. The highest BCUT2D eigenvalue weighted by molar-refractivity contribution is 6.25. The van der Waals surface area contributed by atoms with Crippen LogP contribution in [0.5, 0.6) is 0 Å². The highest BCUT2D eigenvalue weighted by atomic mass is 16.5. The zero-order chi connectivity index (χ0) is 13.7. The van der Waals surface area contributed by atoms with Gasteiger partial charge in [-0.25, -0.2) is 4.90 Å². The molecule has 4 rings (SSSR count). The molecule has 1 saturated heterocycles. The minimum Gasteiger partial charge on any atom is -0.343 e. The molecule has 5 heteroatoms. The molecule has 2 aromatic rings. The van der Waals surface area contributed by atoms with Crippen LogP contribution >= 0.6 is 0 Å². The van der Waals surface area contributed by atoms with Gasteiger partial charge in [-0.1, -0.05) is 24.3 Å². The van der Waals surface area contributed by atoms with Gasteiger partial charge in [0, 0.05) is 23.1 Å². The van der Waals surface area contributed by atoms with Crippen LogP contribution in [0.25, 0.3) is 10.8 Å². The Morgan fingerprint density at radius 2 is 1.70 bits per heavy atom. The lowest BCUT2D eigenvalue weighted by Crippen LogP contribution is -2.51. The number of imide groups is 1. The van der Waals surface area contributed by atoms with Crippen molar-refractivity contribution < 1.29 is 14.3 Å². The second-order valence-corrected chi connectivity index (χ2v) is 4.87. The van der Waals surface area contributed by atoms with E-state index in [4.69, 9.17) is 4.74 Å². The molecule has 1 atom stereocenters. The summed E-state index contributed by atoms with van der Waals surface area (Å²) in [6, 6.07) is 11.0. The summed E-state index contributed by atoms with van der Waals surface area (Å²) in [6.07, 6.45) is -0.668. The van der Waals surface area contributed by atoms with Crippen LogP contribution in [-0.2, 0) is 4.74 Å². The first kappa shape index (κ1) is 11.6. The third-order valence-electron chi connectivity index (χ3n) is 3.73. The van der Waals surface area contributed by atoms with Gasteiger partial charge in [-0.15, -0.1) is 0 Å². The SMILES string of the molecule is O=C1c2cccc3cccc(c23)C(=O)N1C1NCCO1. The fourth-order valence-corrected chi connectivity index (χ4v) is 2.84. The predicted molar refractivity (Wildman–Crippen MR) is 72.2 cm³/mol. The monoisotopic (exact) mass is 268 g/mol. The first-order valence-corrected chi connectivity index (χ1v) is 6.52. The number of hydrogen-bond donors (Lipinski definition) is 1. The molecule has 0 saturated carbocycles. The molecule has 0 aromatic heterocycles. The van der Waals surface area contributed by atoms with Crippen LogP contribution in [-0.4, -0.2) is 36.2 Å². The van der Waals surface area contributed by atoms with Crippen LogP contribution in [0.15, 0.2) is 36.4 Å². The molecular formula is C15H12N2O3. The maximum Gasteiger partial charge on any atom is 0.264 e. The molecule has 1 fully saturated rings. The molecule has 1 unspecified atom stereocenters. The van der Waals surface area contributed by atoms with Crippen molar-refractivity contribution in [2.45, 2.75) is 6.35 Å². The number of carbonyl (C=O) groups excluding carboxylic acids is 2. The Labute approximate surface area is 115 Å². The molecule has 0 aliphatic carbocycles. The zero-order valence-electron chi connectivity index (χ0n) is 10.6. The van der Waals surface area contributed by atoms with Gasteiger partial charge >= 0.3 is 0 Å². The lowest BCUT2D eigenvalue weighted by Gasteiger charge is -2.30. The summed E-state index contributed by atoms with van der Waals surface area (Å²) < 4.78 is 5.42. The number of hydrogen-bond acceptors (Lipinski definition) is 4. The molecule has 2 aliphatic rings. The molecule has 100 valence electrons. The summed E-state index contributed by atoms with van der Waals surface area (Å²) in [5.74, 6) is -0.614. The molecule has 5 nitrogen and oxygen atoms in total. The van der Waals surface area contributed by atoms with Crippen molar-refractivity contribution in [1.29, 1.82) is 0 Å². The van der Waals surface area contributed by atoms with Gasteiger partial charge in [0.15, 0.2) is 6.35 Å². The number of benzene rings is 2. The van der Waals surface area contributed by atoms with Crippen LogP contribution in [0.2, 0.25) is 0 Å². The Morgan fingerprint density at radius 1 is 1.05 bits per heavy atom. The van der Waals surface area contributed by atoms with Gasteiger partial charge in [0.25, 0.3) is 11.8 Å². The van der Waals surface area contributed by atoms with Crippen LogP contribution in [0.4, 0.5) is 0 Å². The molecule has 0 radical (unpaired) electrons. The van der Waals surface area contributed by atoms with Gasteiger partial charge < -0.3 is 4.74 Å². The van der Waals surface area contributed by atoms with Crippen molar-refractivity contribution in [2.24, 2.45) is 0 Å². The number of carbonyl (C=O) groups is 2. The van der Waals surface area contributed by atoms with Crippen molar-refractivity contribution in [2.75, 3.05) is 13.2 Å². The van der Waals surface area contributed by atoms with Gasteiger partial charge in [0.1, 0.15) is 0 Å². The van der Waals surface area contributed by atoms with E-state index in [1.807, 2.05) is 24.3 Å². The molecule has 0 bridgehead atoms. The molecule has 2 aliphatic heterocycles. The van der Waals surface area contributed by atoms with Crippen molar-refractivity contribution >= 4 is 22.6 Å². The van der Waals surface area contributed by atoms with E-state index in [-0.39, 0.29) is 11.8 Å². The fourth-order valence-electron chi connectivity index (χ4n) is 2.84. The van der Waals surface area contributed by atoms with Gasteiger partial charge in [0.05, 0.1) is 6.61 Å². The van der Waals surface area contributed by atoms with Crippen LogP contribution in [0.3, 0.4) is 0 Å². The summed E-state index contributed by atoms with van der Waals surface area (Å²) in [5, 5.41) is 4.65. The van der Waals surface area contributed by atoms with Crippen molar-refractivity contribution in [3.05, 3.63) is 47.5 Å². The standard InChI is InChI=1S/C15H12N2O3/c18-13-10-5-1-3-9-4-2-6-11(12(9)10)14(19)17(13)15-16-7-8-20-15/h1-6,15-16H,7-8H2. The Hall–Kier alpha value is -2.24. The van der Waals surface area contributed by atoms with E-state index >= 15 is 0 Å². The Kier molecular flexibility index (Phi) is 2.39. The first-order valence-electron chi connectivity index (χ1n) is 6.52. The first-order chi connectivity index (χ1) is 9.77. The largest absolute Gasteiger partial charge is 0.343 e. The highest BCUT2D eigenvalue weighted by Crippen LogP contribution is 2.31. The van der Waals surface area contributed by atoms with E-state index in [1.54, 1.807) is 12.1 Å². The van der Waals surface area contributed by atoms with E-state index in [1.165, 1.54) is 4.90 Å². The summed E-state index contributed by atoms with van der Waals surface area (Å²) in [4.78, 5) is 26.3. The maximum atomic E-state index is 12.6. The van der Waals surface area contributed by atoms with Crippen LogP contribution < -0.4 is 5.32 Å². The van der Waals surface area contributed by atoms with E-state index in [2.05, 4.69) is 5.32 Å². The quantitative estimate of drug-likeness (QED) is 0.793. The van der Waals surface area contributed by atoms with E-state index < -0.39 is 6.35 Å². The lowest BCUT2D eigenvalue weighted by molar-refractivity contribution is -0.0124. The summed E-state index contributed by atoms with van der Waals surface area (Å²) in [5.41, 5.74) is 1.10. The summed E-state index contributed by atoms with van der Waals surface area (Å²) in [6.45, 7) is 1.13. The topological polar surface area (TPSA) is 58.6 Å². The van der Waals surface area contributed by atoms with Crippen molar-refractivity contribution in [1.82, 2.24) is 10.2 Å². The van der Waals surface area contributed by atoms with Crippen molar-refractivity contribution in [3.63, 3.8) is 0 Å². The van der Waals surface area contributed by atoms with Crippen LogP contribution in [0, 0.1) is 0 Å². The Morgan fingerprint density at radius 3 is 2.25 bits per heavy atom. The molecule has 2 amide bonds. The Bertz CT molecular complexity index is 684. The molecule has 20 heavy (non-hydrogen) atoms. The van der Waals surface area contributed by atoms with E-state index in [9.17, 15) is 9.59 Å².